The SMILES string of the molecule is CCCc1ccc(-n2cnc(C(=O)O)c2)cc1. The Morgan fingerprint density at radius 3 is 2.59 bits per heavy atom. The van der Waals surface area contributed by atoms with Crippen molar-refractivity contribution in [2.24, 2.45) is 0 Å². The van der Waals surface area contributed by atoms with Crippen LogP contribution in [0.3, 0.4) is 0 Å². The molecule has 1 heterocycles. The number of carboxylic acids is 1. The molecule has 0 atom stereocenters. The maximum Gasteiger partial charge on any atom is 0.356 e. The van der Waals surface area contributed by atoms with Crippen molar-refractivity contribution < 1.29 is 9.90 Å². The Balaban J connectivity index is 2.23. The van der Waals surface area contributed by atoms with Crippen LogP contribution >= 0.6 is 0 Å². The summed E-state index contributed by atoms with van der Waals surface area (Å²) in [4.78, 5) is 14.5. The van der Waals surface area contributed by atoms with E-state index in [-0.39, 0.29) is 5.69 Å². The number of rotatable bonds is 4. The van der Waals surface area contributed by atoms with E-state index in [4.69, 9.17) is 5.11 Å². The number of aromatic nitrogens is 2. The van der Waals surface area contributed by atoms with Crippen molar-refractivity contribution in [1.29, 1.82) is 0 Å². The first-order chi connectivity index (χ1) is 8.20. The van der Waals surface area contributed by atoms with E-state index < -0.39 is 5.97 Å². The summed E-state index contributed by atoms with van der Waals surface area (Å²) in [6, 6.07) is 8.05. The second-order valence-corrected chi connectivity index (χ2v) is 3.89. The van der Waals surface area contributed by atoms with Gasteiger partial charge in [-0.1, -0.05) is 25.5 Å². The number of hydrogen-bond donors (Lipinski definition) is 1. The van der Waals surface area contributed by atoms with Gasteiger partial charge >= 0.3 is 5.97 Å². The van der Waals surface area contributed by atoms with Gasteiger partial charge in [0.25, 0.3) is 0 Å². The standard InChI is InChI=1S/C13H14N2O2/c1-2-3-10-4-6-11(7-5-10)15-8-12(13(16)17)14-9-15/h4-9H,2-3H2,1H3,(H,16,17). The van der Waals surface area contributed by atoms with Crippen LogP contribution in [0, 0.1) is 0 Å². The molecular weight excluding hydrogens is 216 g/mol. The van der Waals surface area contributed by atoms with E-state index in [2.05, 4.69) is 24.0 Å². The Labute approximate surface area is 99.5 Å². The lowest BCUT2D eigenvalue weighted by molar-refractivity contribution is 0.0691. The normalized spacial score (nSPS) is 10.4. The van der Waals surface area contributed by atoms with Crippen molar-refractivity contribution in [3.8, 4) is 5.69 Å². The molecule has 17 heavy (non-hydrogen) atoms. The topological polar surface area (TPSA) is 55.1 Å². The number of carboxylic acid groups (broad SMARTS) is 1. The van der Waals surface area contributed by atoms with E-state index >= 15 is 0 Å². The molecule has 0 unspecified atom stereocenters. The Bertz CT molecular complexity index is 514. The second-order valence-electron chi connectivity index (χ2n) is 3.89. The fourth-order valence-electron chi connectivity index (χ4n) is 1.70. The molecule has 2 rings (SSSR count). The second kappa shape index (κ2) is 4.82. The molecule has 1 aromatic carbocycles. The van der Waals surface area contributed by atoms with Crippen molar-refractivity contribution in [1.82, 2.24) is 9.55 Å². The van der Waals surface area contributed by atoms with E-state index in [0.717, 1.165) is 18.5 Å². The molecule has 0 aliphatic heterocycles. The quantitative estimate of drug-likeness (QED) is 0.878. The average molecular weight is 230 g/mol. The molecule has 0 spiro atoms. The summed E-state index contributed by atoms with van der Waals surface area (Å²) < 4.78 is 1.71. The van der Waals surface area contributed by atoms with Gasteiger partial charge in [-0.15, -0.1) is 0 Å². The van der Waals surface area contributed by atoms with Crippen LogP contribution in [0.4, 0.5) is 0 Å². The first-order valence-electron chi connectivity index (χ1n) is 5.57. The number of carbonyl (C=O) groups is 1. The monoisotopic (exact) mass is 230 g/mol. The van der Waals surface area contributed by atoms with Crippen LogP contribution in [0.5, 0.6) is 0 Å². The highest BCUT2D eigenvalue weighted by molar-refractivity contribution is 5.85. The van der Waals surface area contributed by atoms with Gasteiger partial charge in [0.2, 0.25) is 0 Å². The molecule has 4 nitrogen and oxygen atoms in total. The summed E-state index contributed by atoms with van der Waals surface area (Å²) in [5, 5.41) is 8.78. The van der Waals surface area contributed by atoms with Crippen molar-refractivity contribution in [3.05, 3.63) is 48.0 Å². The predicted molar refractivity (Wildman–Crippen MR) is 64.5 cm³/mol. The number of imidazole rings is 1. The van der Waals surface area contributed by atoms with Gasteiger partial charge in [0.05, 0.1) is 0 Å². The third-order valence-electron chi connectivity index (χ3n) is 2.57. The highest BCUT2D eigenvalue weighted by Gasteiger charge is 2.07. The largest absolute Gasteiger partial charge is 0.476 e. The van der Waals surface area contributed by atoms with Crippen LogP contribution < -0.4 is 0 Å². The summed E-state index contributed by atoms with van der Waals surface area (Å²) in [6.07, 6.45) is 5.20. The summed E-state index contributed by atoms with van der Waals surface area (Å²) in [5.41, 5.74) is 2.27. The zero-order valence-electron chi connectivity index (χ0n) is 9.63. The molecule has 0 saturated carbocycles. The van der Waals surface area contributed by atoms with E-state index in [1.54, 1.807) is 4.57 Å². The van der Waals surface area contributed by atoms with Gasteiger partial charge in [-0.2, -0.15) is 0 Å². The number of aromatic carboxylic acids is 1. The lowest BCUT2D eigenvalue weighted by Gasteiger charge is -2.03. The van der Waals surface area contributed by atoms with Crippen molar-refractivity contribution >= 4 is 5.97 Å². The van der Waals surface area contributed by atoms with Crippen LogP contribution in [0.2, 0.25) is 0 Å². The van der Waals surface area contributed by atoms with Gasteiger partial charge in [-0.05, 0) is 24.1 Å². The van der Waals surface area contributed by atoms with Crippen LogP contribution in [0.1, 0.15) is 29.4 Å². The highest BCUT2D eigenvalue weighted by Crippen LogP contribution is 2.11. The maximum absolute atomic E-state index is 10.7. The lowest BCUT2D eigenvalue weighted by atomic mass is 10.1. The maximum atomic E-state index is 10.7. The minimum absolute atomic E-state index is 0.0580. The van der Waals surface area contributed by atoms with Gasteiger partial charge in [-0.3, -0.25) is 0 Å². The van der Waals surface area contributed by atoms with Crippen LogP contribution in [-0.4, -0.2) is 20.6 Å². The third-order valence-corrected chi connectivity index (χ3v) is 2.57. The molecule has 0 fully saturated rings. The first-order valence-corrected chi connectivity index (χ1v) is 5.57. The number of aryl methyl sites for hydroxylation is 1. The number of benzene rings is 1. The number of nitrogens with zero attached hydrogens (tertiary/aromatic N) is 2. The molecule has 1 N–H and O–H groups in total. The van der Waals surface area contributed by atoms with Crippen molar-refractivity contribution in [2.75, 3.05) is 0 Å². The summed E-state index contributed by atoms with van der Waals surface area (Å²) >= 11 is 0. The smallest absolute Gasteiger partial charge is 0.356 e. The van der Waals surface area contributed by atoms with Crippen molar-refractivity contribution in [2.45, 2.75) is 19.8 Å². The number of hydrogen-bond acceptors (Lipinski definition) is 2. The molecular formula is C13H14N2O2. The van der Waals surface area contributed by atoms with E-state index in [1.165, 1.54) is 18.1 Å². The predicted octanol–water partition coefficient (Wildman–Crippen LogP) is 2.52. The van der Waals surface area contributed by atoms with E-state index in [0.29, 0.717) is 0 Å². The van der Waals surface area contributed by atoms with Gasteiger partial charge in [0.1, 0.15) is 6.33 Å². The summed E-state index contributed by atoms with van der Waals surface area (Å²) in [7, 11) is 0. The molecule has 0 bridgehead atoms. The summed E-state index contributed by atoms with van der Waals surface area (Å²) in [5.74, 6) is -1.01. The molecule has 2 aromatic rings. The molecule has 4 heteroatoms. The minimum Gasteiger partial charge on any atom is -0.476 e. The molecule has 0 saturated heterocycles. The zero-order chi connectivity index (χ0) is 12.3. The molecule has 88 valence electrons. The van der Waals surface area contributed by atoms with Gasteiger partial charge in [0.15, 0.2) is 5.69 Å². The summed E-state index contributed by atoms with van der Waals surface area (Å²) in [6.45, 7) is 2.14. The molecule has 0 aliphatic carbocycles. The van der Waals surface area contributed by atoms with Gasteiger partial charge in [0, 0.05) is 11.9 Å². The van der Waals surface area contributed by atoms with Crippen molar-refractivity contribution in [3.63, 3.8) is 0 Å². The fraction of sp³-hybridized carbons (Fsp3) is 0.231. The Morgan fingerprint density at radius 2 is 2.06 bits per heavy atom. The third kappa shape index (κ3) is 2.53. The van der Waals surface area contributed by atoms with Crippen LogP contribution in [0.25, 0.3) is 5.69 Å². The van der Waals surface area contributed by atoms with Crippen LogP contribution in [0.15, 0.2) is 36.8 Å². The molecule has 1 aromatic heterocycles. The van der Waals surface area contributed by atoms with Crippen LogP contribution in [-0.2, 0) is 6.42 Å². The Kier molecular flexibility index (Phi) is 3.23. The average Bonchev–Trinajstić information content (AvgIpc) is 2.80. The highest BCUT2D eigenvalue weighted by atomic mass is 16.4. The van der Waals surface area contributed by atoms with Gasteiger partial charge < -0.3 is 9.67 Å². The van der Waals surface area contributed by atoms with Gasteiger partial charge in [-0.25, -0.2) is 9.78 Å². The lowest BCUT2D eigenvalue weighted by Crippen LogP contribution is -1.96. The Morgan fingerprint density at radius 1 is 1.35 bits per heavy atom. The minimum atomic E-state index is -1.01. The fourth-order valence-corrected chi connectivity index (χ4v) is 1.70. The van der Waals surface area contributed by atoms with E-state index in [9.17, 15) is 4.79 Å². The zero-order valence-corrected chi connectivity index (χ0v) is 9.63. The molecule has 0 radical (unpaired) electrons. The molecule has 0 amide bonds. The first kappa shape index (κ1) is 11.4. The Hall–Kier alpha value is -2.10. The van der Waals surface area contributed by atoms with E-state index in [1.807, 2.05) is 12.1 Å². The molecule has 0 aliphatic rings.